The van der Waals surface area contributed by atoms with E-state index in [1.165, 1.54) is 31.2 Å². The molecule has 0 fully saturated rings. The second kappa shape index (κ2) is 7.78. The Balaban J connectivity index is 1.67. The van der Waals surface area contributed by atoms with Crippen LogP contribution >= 0.6 is 11.8 Å². The molecule has 1 heterocycles. The van der Waals surface area contributed by atoms with Crippen LogP contribution in [-0.4, -0.2) is 21.4 Å². The molecular weight excluding hydrogens is 386 g/mol. The highest BCUT2D eigenvalue weighted by molar-refractivity contribution is 8.00. The molecule has 0 aliphatic carbocycles. The van der Waals surface area contributed by atoms with E-state index < -0.39 is 40.1 Å². The van der Waals surface area contributed by atoms with Crippen molar-refractivity contribution in [3.8, 4) is 11.5 Å². The van der Waals surface area contributed by atoms with Gasteiger partial charge in [-0.15, -0.1) is 10.2 Å². The van der Waals surface area contributed by atoms with Crippen molar-refractivity contribution in [3.63, 3.8) is 0 Å². The molecule has 10 heteroatoms. The van der Waals surface area contributed by atoms with Crippen LogP contribution in [0.25, 0.3) is 11.5 Å². The summed E-state index contributed by atoms with van der Waals surface area (Å²) in [5.41, 5.74) is 0.0144. The van der Waals surface area contributed by atoms with E-state index in [2.05, 4.69) is 15.5 Å². The zero-order valence-corrected chi connectivity index (χ0v) is 14.5. The lowest BCUT2D eigenvalue weighted by atomic mass is 10.2. The van der Waals surface area contributed by atoms with Gasteiger partial charge in [0.15, 0.2) is 17.5 Å². The van der Waals surface area contributed by atoms with E-state index in [9.17, 15) is 22.4 Å². The number of amides is 1. The number of carbonyl (C=O) groups excluding carboxylic acids is 1. The Morgan fingerprint density at radius 2 is 1.74 bits per heavy atom. The molecule has 3 aromatic rings. The van der Waals surface area contributed by atoms with E-state index in [4.69, 9.17) is 4.42 Å². The van der Waals surface area contributed by atoms with Gasteiger partial charge in [0.1, 0.15) is 5.82 Å². The van der Waals surface area contributed by atoms with Gasteiger partial charge in [0.25, 0.3) is 5.22 Å². The number of rotatable bonds is 5. The molecule has 5 nitrogen and oxygen atoms in total. The van der Waals surface area contributed by atoms with Crippen molar-refractivity contribution < 1.29 is 26.8 Å². The van der Waals surface area contributed by atoms with Gasteiger partial charge in [-0.1, -0.05) is 11.8 Å². The normalized spacial score (nSPS) is 12.0. The molecule has 140 valence electrons. The third-order valence-corrected chi connectivity index (χ3v) is 4.37. The van der Waals surface area contributed by atoms with Crippen molar-refractivity contribution in [2.75, 3.05) is 5.32 Å². The molecule has 1 aromatic heterocycles. The first-order valence-corrected chi connectivity index (χ1v) is 8.43. The van der Waals surface area contributed by atoms with Gasteiger partial charge < -0.3 is 9.73 Å². The number of nitrogens with one attached hydrogen (secondary N) is 1. The number of carbonyl (C=O) groups is 1. The number of hydrogen-bond donors (Lipinski definition) is 1. The van der Waals surface area contributed by atoms with E-state index in [1.54, 1.807) is 0 Å². The Bertz CT molecular complexity index is 979. The number of halogens is 4. The molecule has 0 saturated heterocycles. The summed E-state index contributed by atoms with van der Waals surface area (Å²) in [6.45, 7) is 1.49. The van der Waals surface area contributed by atoms with E-state index >= 15 is 0 Å². The van der Waals surface area contributed by atoms with E-state index in [0.717, 1.165) is 17.8 Å². The molecule has 0 aliphatic heterocycles. The maximum Gasteiger partial charge on any atom is 0.277 e. The van der Waals surface area contributed by atoms with Crippen molar-refractivity contribution in [1.82, 2.24) is 10.2 Å². The molecule has 1 unspecified atom stereocenters. The Labute approximate surface area is 154 Å². The maximum atomic E-state index is 13.6. The minimum atomic E-state index is -1.67. The Morgan fingerprint density at radius 3 is 2.44 bits per heavy atom. The molecule has 0 radical (unpaired) electrons. The average Bonchev–Trinajstić information content (AvgIpc) is 3.11. The lowest BCUT2D eigenvalue weighted by Crippen LogP contribution is -2.23. The van der Waals surface area contributed by atoms with Gasteiger partial charge in [-0.2, -0.15) is 0 Å². The molecule has 0 bridgehead atoms. The molecule has 2 aromatic carbocycles. The fourth-order valence-electron chi connectivity index (χ4n) is 2.03. The topological polar surface area (TPSA) is 68.0 Å². The third kappa shape index (κ3) is 4.27. The van der Waals surface area contributed by atoms with E-state index in [0.29, 0.717) is 11.6 Å². The summed E-state index contributed by atoms with van der Waals surface area (Å²) < 4.78 is 58.1. The third-order valence-electron chi connectivity index (χ3n) is 3.44. The highest BCUT2D eigenvalue weighted by atomic mass is 32.2. The summed E-state index contributed by atoms with van der Waals surface area (Å²) >= 11 is 0.886. The van der Waals surface area contributed by atoms with Crippen molar-refractivity contribution in [1.29, 1.82) is 0 Å². The second-order valence-corrected chi connectivity index (χ2v) is 6.64. The summed E-state index contributed by atoms with van der Waals surface area (Å²) in [6.07, 6.45) is 0. The lowest BCUT2D eigenvalue weighted by Gasteiger charge is -2.11. The van der Waals surface area contributed by atoms with Crippen molar-refractivity contribution >= 4 is 23.4 Å². The fourth-order valence-corrected chi connectivity index (χ4v) is 2.71. The summed E-state index contributed by atoms with van der Waals surface area (Å²) in [5, 5.41) is 9.00. The second-order valence-electron chi connectivity index (χ2n) is 5.35. The summed E-state index contributed by atoms with van der Waals surface area (Å²) in [5.74, 6) is -5.47. The summed E-state index contributed by atoms with van der Waals surface area (Å²) in [7, 11) is 0. The monoisotopic (exact) mass is 397 g/mol. The standard InChI is InChI=1S/C17H11F4N3O2S/c1-8(15(25)22-12-7-6-11(19)13(20)14(12)21)27-17-24-23-16(26-17)9-2-4-10(18)5-3-9/h2-8H,1H3,(H,22,25). The SMILES string of the molecule is CC(Sc1nnc(-c2ccc(F)cc2)o1)C(=O)Nc1ccc(F)c(F)c1F. The fraction of sp³-hybridized carbons (Fsp3) is 0.118. The van der Waals surface area contributed by atoms with Crippen LogP contribution in [0.15, 0.2) is 46.0 Å². The predicted octanol–water partition coefficient (Wildman–Crippen LogP) is 4.41. The Kier molecular flexibility index (Phi) is 5.45. The number of nitrogens with zero attached hydrogens (tertiary/aromatic N) is 2. The van der Waals surface area contributed by atoms with Gasteiger partial charge in [0, 0.05) is 5.56 Å². The molecule has 27 heavy (non-hydrogen) atoms. The molecule has 1 atom stereocenters. The van der Waals surface area contributed by atoms with Crippen LogP contribution in [0.1, 0.15) is 6.92 Å². The first-order valence-electron chi connectivity index (χ1n) is 7.55. The van der Waals surface area contributed by atoms with E-state index in [1.807, 2.05) is 0 Å². The number of benzene rings is 2. The molecule has 1 amide bonds. The van der Waals surface area contributed by atoms with Crippen molar-refractivity contribution in [2.24, 2.45) is 0 Å². The number of anilines is 1. The average molecular weight is 397 g/mol. The van der Waals surface area contributed by atoms with Gasteiger partial charge in [-0.3, -0.25) is 4.79 Å². The Morgan fingerprint density at radius 1 is 1.04 bits per heavy atom. The van der Waals surface area contributed by atoms with Crippen molar-refractivity contribution in [3.05, 3.63) is 59.7 Å². The first-order chi connectivity index (χ1) is 12.8. The lowest BCUT2D eigenvalue weighted by molar-refractivity contribution is -0.115. The molecule has 0 aliphatic rings. The molecular formula is C17H11F4N3O2S. The zero-order valence-electron chi connectivity index (χ0n) is 13.7. The number of thioether (sulfide) groups is 1. The van der Waals surface area contributed by atoms with Crippen LogP contribution in [-0.2, 0) is 4.79 Å². The quantitative estimate of drug-likeness (QED) is 0.392. The Hall–Kier alpha value is -2.88. The molecule has 0 saturated carbocycles. The van der Waals surface area contributed by atoms with Crippen LogP contribution in [0, 0.1) is 23.3 Å². The maximum absolute atomic E-state index is 13.6. The minimum Gasteiger partial charge on any atom is -0.411 e. The van der Waals surface area contributed by atoms with Crippen LogP contribution < -0.4 is 5.32 Å². The molecule has 1 N–H and O–H groups in total. The van der Waals surface area contributed by atoms with Gasteiger partial charge >= 0.3 is 0 Å². The van der Waals surface area contributed by atoms with Crippen LogP contribution in [0.5, 0.6) is 0 Å². The van der Waals surface area contributed by atoms with Gasteiger partial charge in [-0.05, 0) is 43.3 Å². The summed E-state index contributed by atoms with van der Waals surface area (Å²) in [6, 6.07) is 7.01. The van der Waals surface area contributed by atoms with Crippen LogP contribution in [0.4, 0.5) is 23.2 Å². The molecule has 0 spiro atoms. The molecule has 3 rings (SSSR count). The number of hydrogen-bond acceptors (Lipinski definition) is 5. The van der Waals surface area contributed by atoms with Crippen molar-refractivity contribution in [2.45, 2.75) is 17.4 Å². The van der Waals surface area contributed by atoms with Gasteiger partial charge in [0.2, 0.25) is 11.8 Å². The minimum absolute atomic E-state index is 0.0581. The van der Waals surface area contributed by atoms with Gasteiger partial charge in [0.05, 0.1) is 10.9 Å². The smallest absolute Gasteiger partial charge is 0.277 e. The number of aromatic nitrogens is 2. The zero-order chi connectivity index (χ0) is 19.6. The first kappa shape index (κ1) is 18.9. The van der Waals surface area contributed by atoms with Gasteiger partial charge in [-0.25, -0.2) is 17.6 Å². The van der Waals surface area contributed by atoms with Crippen LogP contribution in [0.2, 0.25) is 0 Å². The highest BCUT2D eigenvalue weighted by Crippen LogP contribution is 2.27. The largest absolute Gasteiger partial charge is 0.411 e. The summed E-state index contributed by atoms with van der Waals surface area (Å²) in [4.78, 5) is 12.1. The predicted molar refractivity (Wildman–Crippen MR) is 90.0 cm³/mol. The van der Waals surface area contributed by atoms with E-state index in [-0.39, 0.29) is 11.1 Å². The van der Waals surface area contributed by atoms with Crippen LogP contribution in [0.3, 0.4) is 0 Å². The highest BCUT2D eigenvalue weighted by Gasteiger charge is 2.21.